The topological polar surface area (TPSA) is 58.6 Å². The zero-order valence-corrected chi connectivity index (χ0v) is 14.9. The van der Waals surface area contributed by atoms with Gasteiger partial charge in [-0.05, 0) is 18.1 Å². The summed E-state index contributed by atoms with van der Waals surface area (Å²) >= 11 is 0. The number of rotatable bonds is 5. The van der Waals surface area contributed by atoms with Crippen molar-refractivity contribution in [3.05, 3.63) is 71.8 Å². The molecule has 1 aliphatic rings. The van der Waals surface area contributed by atoms with Gasteiger partial charge in [-0.3, -0.25) is 9.59 Å². The van der Waals surface area contributed by atoms with Crippen molar-refractivity contribution < 1.29 is 14.3 Å². The Bertz CT molecular complexity index is 688. The molecule has 0 aromatic heterocycles. The van der Waals surface area contributed by atoms with Gasteiger partial charge >= 0.3 is 0 Å². The Hall–Kier alpha value is -2.66. The smallest absolute Gasteiger partial charge is 0.245 e. The van der Waals surface area contributed by atoms with Crippen LogP contribution in [0.5, 0.6) is 0 Å². The highest BCUT2D eigenvalue weighted by Gasteiger charge is 2.28. The summed E-state index contributed by atoms with van der Waals surface area (Å²) in [5.41, 5.74) is 1.81. The van der Waals surface area contributed by atoms with Crippen LogP contribution in [0.25, 0.3) is 0 Å². The minimum atomic E-state index is -0.574. The molecule has 5 nitrogen and oxygen atoms in total. The molecule has 0 bridgehead atoms. The van der Waals surface area contributed by atoms with Crippen LogP contribution in [0.15, 0.2) is 60.7 Å². The van der Waals surface area contributed by atoms with Crippen LogP contribution in [0.2, 0.25) is 0 Å². The molecule has 1 saturated heterocycles. The van der Waals surface area contributed by atoms with E-state index in [1.165, 1.54) is 0 Å². The summed E-state index contributed by atoms with van der Waals surface area (Å²) in [5.74, 6) is -0.685. The lowest BCUT2D eigenvalue weighted by molar-refractivity contribution is -0.139. The van der Waals surface area contributed by atoms with Crippen molar-refractivity contribution in [2.75, 3.05) is 26.3 Å². The van der Waals surface area contributed by atoms with Crippen molar-refractivity contribution in [3.63, 3.8) is 0 Å². The quantitative estimate of drug-likeness (QED) is 0.897. The fraction of sp³-hybridized carbons (Fsp3) is 0.333. The molecule has 0 radical (unpaired) electrons. The molecule has 26 heavy (non-hydrogen) atoms. The summed E-state index contributed by atoms with van der Waals surface area (Å²) in [4.78, 5) is 27.4. The number of hydrogen-bond acceptors (Lipinski definition) is 3. The number of nitrogens with zero attached hydrogens (tertiary/aromatic N) is 1. The predicted molar refractivity (Wildman–Crippen MR) is 99.7 cm³/mol. The molecule has 3 rings (SSSR count). The summed E-state index contributed by atoms with van der Waals surface area (Å²) in [6, 6.07) is 18.7. The number of benzene rings is 2. The molecule has 0 aliphatic carbocycles. The molecule has 5 heteroatoms. The maximum absolute atomic E-state index is 13.0. The van der Waals surface area contributed by atoms with E-state index in [1.54, 1.807) is 11.8 Å². The van der Waals surface area contributed by atoms with Gasteiger partial charge in [0, 0.05) is 13.1 Å². The Morgan fingerprint density at radius 3 is 1.92 bits per heavy atom. The van der Waals surface area contributed by atoms with Gasteiger partial charge in [0.1, 0.15) is 6.04 Å². The van der Waals surface area contributed by atoms with Crippen LogP contribution in [0.3, 0.4) is 0 Å². The van der Waals surface area contributed by atoms with Gasteiger partial charge in [-0.25, -0.2) is 0 Å². The first-order chi connectivity index (χ1) is 12.7. The van der Waals surface area contributed by atoms with E-state index in [0.29, 0.717) is 26.3 Å². The number of ether oxygens (including phenoxy) is 1. The highest BCUT2D eigenvalue weighted by Crippen LogP contribution is 2.25. The number of carbonyl (C=O) groups is 2. The molecule has 0 spiro atoms. The lowest BCUT2D eigenvalue weighted by Crippen LogP contribution is -2.51. The molecular weight excluding hydrogens is 328 g/mol. The minimum Gasteiger partial charge on any atom is -0.378 e. The molecule has 2 amide bonds. The second-order valence-electron chi connectivity index (χ2n) is 6.42. The summed E-state index contributed by atoms with van der Waals surface area (Å²) in [7, 11) is 0. The minimum absolute atomic E-state index is 0.0680. The lowest BCUT2D eigenvalue weighted by atomic mass is 9.90. The number of hydrogen-bond donors (Lipinski definition) is 1. The van der Waals surface area contributed by atoms with Crippen LogP contribution < -0.4 is 5.32 Å². The molecule has 2 aromatic rings. The number of morpholine rings is 1. The molecule has 1 fully saturated rings. The molecule has 1 aliphatic heterocycles. The van der Waals surface area contributed by atoms with Crippen LogP contribution in [0.1, 0.15) is 24.0 Å². The van der Waals surface area contributed by atoms with Gasteiger partial charge in [0.25, 0.3) is 0 Å². The predicted octanol–water partition coefficient (Wildman–Crippen LogP) is 2.18. The largest absolute Gasteiger partial charge is 0.378 e. The van der Waals surface area contributed by atoms with Crippen molar-refractivity contribution in [1.29, 1.82) is 0 Å². The zero-order chi connectivity index (χ0) is 18.4. The third kappa shape index (κ3) is 4.29. The van der Waals surface area contributed by atoms with E-state index in [4.69, 9.17) is 4.74 Å². The number of amides is 2. The van der Waals surface area contributed by atoms with Gasteiger partial charge in [0.2, 0.25) is 11.8 Å². The highest BCUT2D eigenvalue weighted by atomic mass is 16.5. The Morgan fingerprint density at radius 1 is 0.923 bits per heavy atom. The van der Waals surface area contributed by atoms with Crippen LogP contribution in [-0.4, -0.2) is 49.1 Å². The van der Waals surface area contributed by atoms with E-state index in [1.807, 2.05) is 60.7 Å². The number of carbonyl (C=O) groups excluding carboxylic acids is 2. The second-order valence-corrected chi connectivity index (χ2v) is 6.42. The van der Waals surface area contributed by atoms with E-state index < -0.39 is 12.0 Å². The Balaban J connectivity index is 1.76. The normalized spacial score (nSPS) is 15.5. The third-order valence-corrected chi connectivity index (χ3v) is 4.58. The van der Waals surface area contributed by atoms with Crippen molar-refractivity contribution in [1.82, 2.24) is 10.2 Å². The lowest BCUT2D eigenvalue weighted by Gasteiger charge is -2.30. The standard InChI is InChI=1S/C21H24N2O3/c1-16(21(25)23-12-14-26-15-13-23)22-20(24)19(17-8-4-2-5-9-17)18-10-6-3-7-11-18/h2-11,16,19H,12-15H2,1H3,(H,22,24). The number of nitrogens with one attached hydrogen (secondary N) is 1. The second kappa shape index (κ2) is 8.63. The van der Waals surface area contributed by atoms with Crippen molar-refractivity contribution >= 4 is 11.8 Å². The molecule has 1 atom stereocenters. The van der Waals surface area contributed by atoms with E-state index in [9.17, 15) is 9.59 Å². The van der Waals surface area contributed by atoms with Gasteiger partial charge < -0.3 is 15.0 Å². The fourth-order valence-electron chi connectivity index (χ4n) is 3.20. The molecule has 0 saturated carbocycles. The molecular formula is C21H24N2O3. The first-order valence-electron chi connectivity index (χ1n) is 8.93. The average Bonchev–Trinajstić information content (AvgIpc) is 2.70. The van der Waals surface area contributed by atoms with Gasteiger partial charge in [-0.1, -0.05) is 60.7 Å². The van der Waals surface area contributed by atoms with Crippen molar-refractivity contribution in [3.8, 4) is 0 Å². The van der Waals surface area contributed by atoms with Crippen LogP contribution in [0.4, 0.5) is 0 Å². The summed E-state index contributed by atoms with van der Waals surface area (Å²) in [6.07, 6.45) is 0. The maximum Gasteiger partial charge on any atom is 0.245 e. The first-order valence-corrected chi connectivity index (χ1v) is 8.93. The average molecular weight is 352 g/mol. The van der Waals surface area contributed by atoms with E-state index in [-0.39, 0.29) is 11.8 Å². The fourth-order valence-corrected chi connectivity index (χ4v) is 3.20. The highest BCUT2D eigenvalue weighted by molar-refractivity contribution is 5.92. The van der Waals surface area contributed by atoms with Gasteiger partial charge in [-0.2, -0.15) is 0 Å². The van der Waals surface area contributed by atoms with E-state index >= 15 is 0 Å². The summed E-state index contributed by atoms with van der Waals surface area (Å²) in [6.45, 7) is 3.97. The Labute approximate surface area is 154 Å². The van der Waals surface area contributed by atoms with E-state index in [2.05, 4.69) is 5.32 Å². The third-order valence-electron chi connectivity index (χ3n) is 4.58. The Kier molecular flexibility index (Phi) is 6.02. The van der Waals surface area contributed by atoms with E-state index in [0.717, 1.165) is 11.1 Å². The van der Waals surface area contributed by atoms with Gasteiger partial charge in [0.15, 0.2) is 0 Å². The van der Waals surface area contributed by atoms with Crippen molar-refractivity contribution in [2.45, 2.75) is 18.9 Å². The molecule has 1 heterocycles. The maximum atomic E-state index is 13.0. The molecule has 1 N–H and O–H groups in total. The first kappa shape index (κ1) is 18.1. The molecule has 2 aromatic carbocycles. The molecule has 136 valence electrons. The SMILES string of the molecule is CC(NC(=O)C(c1ccccc1)c1ccccc1)C(=O)N1CCOCC1. The zero-order valence-electron chi connectivity index (χ0n) is 14.9. The molecule has 1 unspecified atom stereocenters. The monoisotopic (exact) mass is 352 g/mol. The van der Waals surface area contributed by atoms with Gasteiger partial charge in [0.05, 0.1) is 19.1 Å². The van der Waals surface area contributed by atoms with Gasteiger partial charge in [-0.15, -0.1) is 0 Å². The van der Waals surface area contributed by atoms with Crippen LogP contribution in [-0.2, 0) is 14.3 Å². The van der Waals surface area contributed by atoms with Crippen molar-refractivity contribution in [2.24, 2.45) is 0 Å². The Morgan fingerprint density at radius 2 is 1.42 bits per heavy atom. The summed E-state index contributed by atoms with van der Waals surface area (Å²) < 4.78 is 5.28. The van der Waals surface area contributed by atoms with Crippen LogP contribution in [0, 0.1) is 0 Å². The summed E-state index contributed by atoms with van der Waals surface area (Å²) in [5, 5.41) is 2.90. The van der Waals surface area contributed by atoms with Crippen LogP contribution >= 0.6 is 0 Å².